The second-order valence-electron chi connectivity index (χ2n) is 3.55. The van der Waals surface area contributed by atoms with Crippen molar-refractivity contribution < 1.29 is 18.3 Å². The fourth-order valence-electron chi connectivity index (χ4n) is 1.28. The molecule has 0 saturated carbocycles. The summed E-state index contributed by atoms with van der Waals surface area (Å²) in [4.78, 5) is 14.4. The zero-order chi connectivity index (χ0) is 13.8. The summed E-state index contributed by atoms with van der Waals surface area (Å²) in [6.07, 6.45) is 3.05. The van der Waals surface area contributed by atoms with Gasteiger partial charge in [-0.3, -0.25) is 0 Å². The first kappa shape index (κ1) is 14.8. The number of allylic oxidation sites excluding steroid dienone is 1. The molecule has 0 aliphatic rings. The number of aromatic carboxylic acids is 1. The first-order valence-corrected chi connectivity index (χ1v) is 7.47. The Balaban J connectivity index is 2.95. The lowest BCUT2D eigenvalue weighted by atomic mass is 10.3. The van der Waals surface area contributed by atoms with E-state index >= 15 is 0 Å². The van der Waals surface area contributed by atoms with Crippen LogP contribution in [0.3, 0.4) is 0 Å². The van der Waals surface area contributed by atoms with Crippen LogP contribution in [-0.4, -0.2) is 42.4 Å². The van der Waals surface area contributed by atoms with Crippen molar-refractivity contribution in [1.82, 2.24) is 9.29 Å². The normalized spacial score (nSPS) is 11.7. The highest BCUT2D eigenvalue weighted by Gasteiger charge is 2.29. The number of unbranched alkanes of at least 4 members (excludes halogenated alkanes) is 1. The SMILES string of the molecule is C=CCCCN(C)S(=O)(=O)c1scnc1C(=O)O. The summed E-state index contributed by atoms with van der Waals surface area (Å²) >= 11 is 0.811. The van der Waals surface area contributed by atoms with Crippen molar-refractivity contribution in [2.45, 2.75) is 17.1 Å². The highest BCUT2D eigenvalue weighted by molar-refractivity contribution is 7.91. The molecule has 1 rings (SSSR count). The molecular weight excluding hydrogens is 276 g/mol. The maximum absolute atomic E-state index is 12.1. The van der Waals surface area contributed by atoms with Gasteiger partial charge in [0.25, 0.3) is 10.0 Å². The van der Waals surface area contributed by atoms with E-state index < -0.39 is 21.7 Å². The van der Waals surface area contributed by atoms with Gasteiger partial charge in [-0.05, 0) is 12.8 Å². The van der Waals surface area contributed by atoms with Crippen LogP contribution in [0.1, 0.15) is 23.3 Å². The van der Waals surface area contributed by atoms with Gasteiger partial charge < -0.3 is 5.11 Å². The zero-order valence-electron chi connectivity index (χ0n) is 9.87. The van der Waals surface area contributed by atoms with Gasteiger partial charge in [-0.1, -0.05) is 6.08 Å². The summed E-state index contributed by atoms with van der Waals surface area (Å²) in [5, 5.41) is 8.86. The monoisotopic (exact) mass is 290 g/mol. The molecule has 0 radical (unpaired) electrons. The van der Waals surface area contributed by atoms with Gasteiger partial charge in [-0.15, -0.1) is 17.9 Å². The maximum Gasteiger partial charge on any atom is 0.356 e. The summed E-state index contributed by atoms with van der Waals surface area (Å²) in [5.41, 5.74) is 0.795. The molecule has 18 heavy (non-hydrogen) atoms. The minimum atomic E-state index is -3.78. The maximum atomic E-state index is 12.1. The van der Waals surface area contributed by atoms with Crippen LogP contribution >= 0.6 is 11.3 Å². The van der Waals surface area contributed by atoms with E-state index in [-0.39, 0.29) is 4.21 Å². The van der Waals surface area contributed by atoms with Crippen LogP contribution in [0.5, 0.6) is 0 Å². The van der Waals surface area contributed by atoms with E-state index in [0.29, 0.717) is 19.4 Å². The second-order valence-corrected chi connectivity index (χ2v) is 6.65. The van der Waals surface area contributed by atoms with Crippen LogP contribution in [0.2, 0.25) is 0 Å². The highest BCUT2D eigenvalue weighted by atomic mass is 32.2. The van der Waals surface area contributed by atoms with Gasteiger partial charge in [0.15, 0.2) is 9.90 Å². The van der Waals surface area contributed by atoms with Crippen LogP contribution in [0.15, 0.2) is 22.4 Å². The molecule has 1 heterocycles. The van der Waals surface area contributed by atoms with Gasteiger partial charge in [0.1, 0.15) is 0 Å². The second kappa shape index (κ2) is 6.07. The molecule has 1 aromatic rings. The van der Waals surface area contributed by atoms with Crippen molar-refractivity contribution >= 4 is 27.3 Å². The van der Waals surface area contributed by atoms with E-state index in [1.165, 1.54) is 12.6 Å². The van der Waals surface area contributed by atoms with E-state index in [1.807, 2.05) is 0 Å². The average molecular weight is 290 g/mol. The van der Waals surface area contributed by atoms with Crippen LogP contribution in [-0.2, 0) is 10.0 Å². The number of sulfonamides is 1. The highest BCUT2D eigenvalue weighted by Crippen LogP contribution is 2.23. The molecule has 0 aliphatic carbocycles. The van der Waals surface area contributed by atoms with Gasteiger partial charge in [-0.25, -0.2) is 22.5 Å². The van der Waals surface area contributed by atoms with Gasteiger partial charge in [0, 0.05) is 13.6 Å². The fourth-order valence-corrected chi connectivity index (χ4v) is 3.82. The number of hydrogen-bond acceptors (Lipinski definition) is 5. The van der Waals surface area contributed by atoms with Crippen molar-refractivity contribution in [3.63, 3.8) is 0 Å². The summed E-state index contributed by atoms with van der Waals surface area (Å²) in [7, 11) is -2.36. The standard InChI is InChI=1S/C10H14N2O4S2/c1-3-4-5-6-12(2)18(15,16)10-8(9(13)14)11-7-17-10/h3,7H,1,4-6H2,2H3,(H,13,14). The molecule has 0 saturated heterocycles. The van der Waals surface area contributed by atoms with Gasteiger partial charge in [-0.2, -0.15) is 0 Å². The van der Waals surface area contributed by atoms with Crippen LogP contribution in [0, 0.1) is 0 Å². The van der Waals surface area contributed by atoms with E-state index in [2.05, 4.69) is 11.6 Å². The molecule has 1 aromatic heterocycles. The van der Waals surface area contributed by atoms with E-state index in [1.54, 1.807) is 6.08 Å². The van der Waals surface area contributed by atoms with Crippen LogP contribution in [0.25, 0.3) is 0 Å². The Morgan fingerprint density at radius 1 is 1.67 bits per heavy atom. The topological polar surface area (TPSA) is 87.6 Å². The third kappa shape index (κ3) is 3.15. The molecule has 0 spiro atoms. The molecule has 0 fully saturated rings. The quantitative estimate of drug-likeness (QED) is 0.606. The van der Waals surface area contributed by atoms with E-state index in [9.17, 15) is 13.2 Å². The minimum Gasteiger partial charge on any atom is -0.476 e. The predicted octanol–water partition coefficient (Wildman–Crippen LogP) is 1.43. The van der Waals surface area contributed by atoms with Crippen LogP contribution < -0.4 is 0 Å². The smallest absolute Gasteiger partial charge is 0.356 e. The first-order valence-electron chi connectivity index (χ1n) is 5.15. The fraction of sp³-hybridized carbons (Fsp3) is 0.400. The molecule has 0 atom stereocenters. The Labute approximate surface area is 110 Å². The number of rotatable bonds is 7. The lowest BCUT2D eigenvalue weighted by Crippen LogP contribution is -2.28. The Hall–Kier alpha value is -1.25. The Kier molecular flexibility index (Phi) is 5.00. The predicted molar refractivity (Wildman–Crippen MR) is 68.3 cm³/mol. The lowest BCUT2D eigenvalue weighted by Gasteiger charge is -2.15. The number of carbonyl (C=O) groups is 1. The number of carboxylic acid groups (broad SMARTS) is 1. The minimum absolute atomic E-state index is 0.226. The Morgan fingerprint density at radius 2 is 2.33 bits per heavy atom. The molecular formula is C10H14N2O4S2. The van der Waals surface area contributed by atoms with Crippen molar-refractivity contribution in [1.29, 1.82) is 0 Å². The van der Waals surface area contributed by atoms with E-state index in [4.69, 9.17) is 5.11 Å². The van der Waals surface area contributed by atoms with Gasteiger partial charge >= 0.3 is 5.97 Å². The molecule has 0 bridgehead atoms. The summed E-state index contributed by atoms with van der Waals surface area (Å²) in [6, 6.07) is 0. The summed E-state index contributed by atoms with van der Waals surface area (Å²) < 4.78 is 25.1. The molecule has 0 aromatic carbocycles. The van der Waals surface area contributed by atoms with Crippen molar-refractivity contribution in [3.05, 3.63) is 23.9 Å². The number of hydrogen-bond donors (Lipinski definition) is 1. The number of carboxylic acids is 1. The van der Waals surface area contributed by atoms with Crippen molar-refractivity contribution in [2.75, 3.05) is 13.6 Å². The number of aromatic nitrogens is 1. The molecule has 6 nitrogen and oxygen atoms in total. The molecule has 100 valence electrons. The van der Waals surface area contributed by atoms with Crippen molar-refractivity contribution in [2.24, 2.45) is 0 Å². The number of nitrogens with zero attached hydrogens (tertiary/aromatic N) is 2. The van der Waals surface area contributed by atoms with Crippen LogP contribution in [0.4, 0.5) is 0 Å². The lowest BCUT2D eigenvalue weighted by molar-refractivity contribution is 0.0687. The molecule has 0 unspecified atom stereocenters. The van der Waals surface area contributed by atoms with Gasteiger partial charge in [0.05, 0.1) is 5.51 Å². The van der Waals surface area contributed by atoms with Crippen molar-refractivity contribution in [3.8, 4) is 0 Å². The molecule has 0 amide bonds. The summed E-state index contributed by atoms with van der Waals surface area (Å²) in [6.45, 7) is 3.86. The average Bonchev–Trinajstić information content (AvgIpc) is 2.78. The Bertz CT molecular complexity index is 536. The third-order valence-electron chi connectivity index (χ3n) is 2.26. The molecule has 1 N–H and O–H groups in total. The third-order valence-corrected chi connectivity index (χ3v) is 5.47. The zero-order valence-corrected chi connectivity index (χ0v) is 11.5. The Morgan fingerprint density at radius 3 is 2.89 bits per heavy atom. The van der Waals surface area contributed by atoms with Gasteiger partial charge in [0.2, 0.25) is 0 Å². The largest absolute Gasteiger partial charge is 0.476 e. The van der Waals surface area contributed by atoms with E-state index in [0.717, 1.165) is 15.6 Å². The molecule has 0 aliphatic heterocycles. The molecule has 8 heteroatoms. The first-order chi connectivity index (χ1) is 8.41. The number of thiazole rings is 1. The summed E-state index contributed by atoms with van der Waals surface area (Å²) in [5.74, 6) is -1.34.